The summed E-state index contributed by atoms with van der Waals surface area (Å²) in [7, 11) is 0. The molecule has 0 aliphatic carbocycles. The van der Waals surface area contributed by atoms with Gasteiger partial charge in [0.15, 0.2) is 0 Å². The quantitative estimate of drug-likeness (QED) is 0.724. The lowest BCUT2D eigenvalue weighted by Crippen LogP contribution is -2.13. The zero-order valence-electron chi connectivity index (χ0n) is 11.0. The van der Waals surface area contributed by atoms with Gasteiger partial charge in [-0.2, -0.15) is 0 Å². The van der Waals surface area contributed by atoms with E-state index in [0.29, 0.717) is 5.65 Å². The summed E-state index contributed by atoms with van der Waals surface area (Å²) in [6, 6.07) is 9.70. The molecule has 0 fully saturated rings. The lowest BCUT2D eigenvalue weighted by Gasteiger charge is -2.05. The van der Waals surface area contributed by atoms with E-state index in [4.69, 9.17) is 5.73 Å². The van der Waals surface area contributed by atoms with Gasteiger partial charge in [0.05, 0.1) is 0 Å². The maximum Gasteiger partial charge on any atom is 0.249 e. The molecule has 0 saturated heterocycles. The summed E-state index contributed by atoms with van der Waals surface area (Å²) >= 11 is 0. The number of pyridine rings is 1. The first-order chi connectivity index (χ1) is 10.2. The van der Waals surface area contributed by atoms with Gasteiger partial charge in [-0.15, -0.1) is 0 Å². The molecule has 3 aromatic rings. The van der Waals surface area contributed by atoms with Crippen LogP contribution in [-0.2, 0) is 4.79 Å². The summed E-state index contributed by atoms with van der Waals surface area (Å²) in [6.07, 6.45) is 4.95. The first-order valence-corrected chi connectivity index (χ1v) is 6.35. The number of rotatable bonds is 3. The molecule has 2 heterocycles. The van der Waals surface area contributed by atoms with Crippen molar-refractivity contribution in [2.45, 2.75) is 0 Å². The van der Waals surface area contributed by atoms with E-state index in [2.05, 4.69) is 9.97 Å². The number of carbonyl (C=O) groups is 1. The molecule has 0 saturated carbocycles. The number of primary amides is 1. The van der Waals surface area contributed by atoms with Crippen LogP contribution in [-0.4, -0.2) is 15.9 Å². The first kappa shape index (κ1) is 13.1. The van der Waals surface area contributed by atoms with Crippen LogP contribution in [0.1, 0.15) is 11.1 Å². The zero-order chi connectivity index (χ0) is 14.8. The maximum atomic E-state index is 13.9. The Labute approximate surface area is 120 Å². The molecular weight excluding hydrogens is 269 g/mol. The minimum absolute atomic E-state index is 0.123. The average Bonchev–Trinajstić information content (AvgIpc) is 2.89. The highest BCUT2D eigenvalue weighted by molar-refractivity contribution is 6.24. The Morgan fingerprint density at radius 3 is 2.81 bits per heavy atom. The number of aromatic nitrogens is 2. The second-order valence-electron chi connectivity index (χ2n) is 4.55. The van der Waals surface area contributed by atoms with E-state index in [1.807, 2.05) is 6.07 Å². The van der Waals surface area contributed by atoms with Crippen LogP contribution in [0, 0.1) is 5.82 Å². The Balaban J connectivity index is 2.18. The summed E-state index contributed by atoms with van der Waals surface area (Å²) in [4.78, 5) is 18.8. The third-order valence-corrected chi connectivity index (χ3v) is 3.21. The number of aromatic amines is 1. The fraction of sp³-hybridized carbons (Fsp3) is 0. The second-order valence-corrected chi connectivity index (χ2v) is 4.55. The number of hydrogen-bond acceptors (Lipinski definition) is 2. The molecule has 0 unspecified atom stereocenters. The number of halogens is 1. The molecule has 0 aliphatic rings. The lowest BCUT2D eigenvalue weighted by molar-refractivity contribution is -0.112. The summed E-state index contributed by atoms with van der Waals surface area (Å²) in [6.45, 7) is 0. The maximum absolute atomic E-state index is 13.9. The fourth-order valence-electron chi connectivity index (χ4n) is 2.21. The van der Waals surface area contributed by atoms with Gasteiger partial charge in [-0.1, -0.05) is 18.2 Å². The molecule has 0 bridgehead atoms. The minimum Gasteiger partial charge on any atom is -0.366 e. The highest BCUT2D eigenvalue weighted by atomic mass is 19.1. The van der Waals surface area contributed by atoms with Crippen molar-refractivity contribution in [1.29, 1.82) is 0 Å². The minimum atomic E-state index is -0.682. The van der Waals surface area contributed by atoms with Gasteiger partial charge in [0, 0.05) is 34.5 Å². The van der Waals surface area contributed by atoms with Crippen molar-refractivity contribution < 1.29 is 9.18 Å². The third kappa shape index (κ3) is 2.41. The van der Waals surface area contributed by atoms with Gasteiger partial charge in [-0.3, -0.25) is 4.79 Å². The molecule has 4 nitrogen and oxygen atoms in total. The number of nitrogens with zero attached hydrogens (tertiary/aromatic N) is 1. The molecule has 1 amide bonds. The standard InChI is InChI=1S/C16H12FN3O/c17-14-6-2-1-4-12(14)13(15(18)21)8-10-9-20-16-11(10)5-3-7-19-16/h1-9H,(H2,18,21)(H,19,20). The van der Waals surface area contributed by atoms with Crippen molar-refractivity contribution in [1.82, 2.24) is 9.97 Å². The third-order valence-electron chi connectivity index (χ3n) is 3.21. The van der Waals surface area contributed by atoms with Gasteiger partial charge in [0.2, 0.25) is 5.91 Å². The van der Waals surface area contributed by atoms with Crippen molar-refractivity contribution in [2.75, 3.05) is 0 Å². The predicted molar refractivity (Wildman–Crippen MR) is 79.6 cm³/mol. The van der Waals surface area contributed by atoms with Crippen molar-refractivity contribution in [3.05, 3.63) is 65.7 Å². The van der Waals surface area contributed by atoms with E-state index in [1.165, 1.54) is 12.1 Å². The van der Waals surface area contributed by atoms with Gasteiger partial charge >= 0.3 is 0 Å². The normalized spacial score (nSPS) is 11.8. The SMILES string of the molecule is NC(=O)C(=Cc1c[nH]c2ncccc12)c1ccccc1F. The molecule has 3 rings (SSSR count). The van der Waals surface area contributed by atoms with Crippen LogP contribution in [0.5, 0.6) is 0 Å². The Hall–Kier alpha value is -2.95. The number of H-pyrrole nitrogens is 1. The van der Waals surface area contributed by atoms with Crippen molar-refractivity contribution in [3.63, 3.8) is 0 Å². The Morgan fingerprint density at radius 1 is 1.24 bits per heavy atom. The molecule has 0 aliphatic heterocycles. The summed E-state index contributed by atoms with van der Waals surface area (Å²) < 4.78 is 13.9. The van der Waals surface area contributed by atoms with Crippen LogP contribution in [0.3, 0.4) is 0 Å². The van der Waals surface area contributed by atoms with Crippen LogP contribution >= 0.6 is 0 Å². The molecule has 3 N–H and O–H groups in total. The number of fused-ring (bicyclic) bond motifs is 1. The molecule has 2 aromatic heterocycles. The Bertz CT molecular complexity index is 851. The Kier molecular flexibility index (Phi) is 3.23. The average molecular weight is 281 g/mol. The largest absolute Gasteiger partial charge is 0.366 e. The first-order valence-electron chi connectivity index (χ1n) is 6.35. The number of nitrogens with two attached hydrogens (primary N) is 1. The van der Waals surface area contributed by atoms with Crippen LogP contribution in [0.25, 0.3) is 22.7 Å². The number of amides is 1. The summed E-state index contributed by atoms with van der Waals surface area (Å²) in [5.74, 6) is -1.17. The molecule has 5 heteroatoms. The summed E-state index contributed by atoms with van der Waals surface area (Å²) in [5.41, 5.74) is 7.13. The molecule has 21 heavy (non-hydrogen) atoms. The van der Waals surface area contributed by atoms with Gasteiger partial charge in [-0.25, -0.2) is 9.37 Å². The van der Waals surface area contributed by atoms with E-state index >= 15 is 0 Å². The topological polar surface area (TPSA) is 71.8 Å². The highest BCUT2D eigenvalue weighted by Crippen LogP contribution is 2.24. The number of hydrogen-bond donors (Lipinski definition) is 2. The molecule has 0 radical (unpaired) electrons. The molecular formula is C16H12FN3O. The smallest absolute Gasteiger partial charge is 0.249 e. The number of carbonyl (C=O) groups excluding carboxylic acids is 1. The van der Waals surface area contributed by atoms with E-state index in [0.717, 1.165) is 10.9 Å². The summed E-state index contributed by atoms with van der Waals surface area (Å²) in [5, 5.41) is 0.840. The van der Waals surface area contributed by atoms with Gasteiger partial charge in [-0.05, 0) is 24.3 Å². The van der Waals surface area contributed by atoms with Crippen molar-refractivity contribution >= 4 is 28.6 Å². The highest BCUT2D eigenvalue weighted by Gasteiger charge is 2.14. The number of benzene rings is 1. The molecule has 0 atom stereocenters. The monoisotopic (exact) mass is 281 g/mol. The van der Waals surface area contributed by atoms with E-state index in [1.54, 1.807) is 36.7 Å². The van der Waals surface area contributed by atoms with E-state index in [-0.39, 0.29) is 11.1 Å². The van der Waals surface area contributed by atoms with Gasteiger partial charge in [0.25, 0.3) is 0 Å². The van der Waals surface area contributed by atoms with Crippen LogP contribution < -0.4 is 5.73 Å². The van der Waals surface area contributed by atoms with Crippen molar-refractivity contribution in [3.8, 4) is 0 Å². The molecule has 0 spiro atoms. The lowest BCUT2D eigenvalue weighted by atomic mass is 10.0. The van der Waals surface area contributed by atoms with Crippen LogP contribution in [0.15, 0.2) is 48.8 Å². The van der Waals surface area contributed by atoms with Crippen LogP contribution in [0.2, 0.25) is 0 Å². The predicted octanol–water partition coefficient (Wildman–Crippen LogP) is 2.73. The number of nitrogens with one attached hydrogen (secondary N) is 1. The Morgan fingerprint density at radius 2 is 2.05 bits per heavy atom. The molecule has 104 valence electrons. The van der Waals surface area contributed by atoms with Crippen LogP contribution in [0.4, 0.5) is 4.39 Å². The second kappa shape index (κ2) is 5.20. The zero-order valence-corrected chi connectivity index (χ0v) is 11.0. The van der Waals surface area contributed by atoms with Gasteiger partial charge in [0.1, 0.15) is 11.5 Å². The molecule has 1 aromatic carbocycles. The fourth-order valence-corrected chi connectivity index (χ4v) is 2.21. The van der Waals surface area contributed by atoms with E-state index < -0.39 is 11.7 Å². The van der Waals surface area contributed by atoms with Crippen molar-refractivity contribution in [2.24, 2.45) is 5.73 Å². The van der Waals surface area contributed by atoms with Gasteiger partial charge < -0.3 is 10.7 Å². The van der Waals surface area contributed by atoms with E-state index in [9.17, 15) is 9.18 Å².